The molecule has 3 rings (SSSR count). The second-order valence-corrected chi connectivity index (χ2v) is 11.5. The Morgan fingerprint density at radius 1 is 1.00 bits per heavy atom. The first kappa shape index (κ1) is 26.6. The summed E-state index contributed by atoms with van der Waals surface area (Å²) in [6.07, 6.45) is 0. The van der Waals surface area contributed by atoms with E-state index in [0.717, 1.165) is 4.31 Å². The van der Waals surface area contributed by atoms with Crippen LogP contribution in [0, 0.1) is 6.92 Å². The summed E-state index contributed by atoms with van der Waals surface area (Å²) in [7, 11) is -4.00. The second-order valence-electron chi connectivity index (χ2n) is 9.23. The van der Waals surface area contributed by atoms with Crippen LogP contribution in [0.3, 0.4) is 0 Å². The number of aryl methyl sites for hydroxylation is 1. The maximum Gasteiger partial charge on any atom is 0.264 e. The molecule has 0 atom stereocenters. The summed E-state index contributed by atoms with van der Waals surface area (Å²) in [5, 5.41) is 3.12. The van der Waals surface area contributed by atoms with Gasteiger partial charge >= 0.3 is 0 Å². The highest BCUT2D eigenvalue weighted by molar-refractivity contribution is 7.92. The zero-order valence-electron chi connectivity index (χ0n) is 20.4. The molecule has 0 aliphatic heterocycles. The van der Waals surface area contributed by atoms with Crippen molar-refractivity contribution in [3.05, 3.63) is 88.9 Å². The van der Waals surface area contributed by atoms with Gasteiger partial charge in [0.25, 0.3) is 10.0 Å². The molecule has 1 amide bonds. The Bertz CT molecular complexity index is 1250. The van der Waals surface area contributed by atoms with Gasteiger partial charge in [0.15, 0.2) is 0 Å². The van der Waals surface area contributed by atoms with Gasteiger partial charge in [0.05, 0.1) is 17.1 Å². The number of hydrogen-bond donors (Lipinski definition) is 1. The Morgan fingerprint density at radius 3 is 2.29 bits per heavy atom. The number of hydrogen-bond acceptors (Lipinski definition) is 4. The molecular weight excluding hydrogens is 484 g/mol. The lowest BCUT2D eigenvalue weighted by atomic mass is 9.87. The molecule has 35 heavy (non-hydrogen) atoms. The van der Waals surface area contributed by atoms with Crippen molar-refractivity contribution in [2.75, 3.05) is 24.0 Å². The third-order valence-corrected chi connectivity index (χ3v) is 7.48. The molecule has 0 heterocycles. The van der Waals surface area contributed by atoms with Gasteiger partial charge < -0.3 is 10.1 Å². The number of nitrogens with one attached hydrogen (secondary N) is 1. The minimum Gasteiger partial charge on any atom is -0.492 e. The highest BCUT2D eigenvalue weighted by atomic mass is 35.5. The average Bonchev–Trinajstić information content (AvgIpc) is 2.82. The maximum absolute atomic E-state index is 13.4. The Balaban J connectivity index is 1.68. The van der Waals surface area contributed by atoms with Crippen molar-refractivity contribution in [1.82, 2.24) is 5.32 Å². The van der Waals surface area contributed by atoms with Gasteiger partial charge in [0.2, 0.25) is 5.91 Å². The normalized spacial score (nSPS) is 11.7. The number of carbonyl (C=O) groups excluding carboxylic acids is 1. The first-order chi connectivity index (χ1) is 16.5. The lowest BCUT2D eigenvalue weighted by Crippen LogP contribution is -2.42. The molecule has 6 nitrogen and oxygen atoms in total. The zero-order chi connectivity index (χ0) is 25.6. The maximum atomic E-state index is 13.4. The van der Waals surface area contributed by atoms with Crippen LogP contribution in [0.4, 0.5) is 5.69 Å². The number of amides is 1. The van der Waals surface area contributed by atoms with E-state index in [1.807, 2.05) is 24.3 Å². The molecule has 3 aromatic carbocycles. The quantitative estimate of drug-likeness (QED) is 0.391. The lowest BCUT2D eigenvalue weighted by Gasteiger charge is -2.26. The number of carbonyl (C=O) groups is 1. The van der Waals surface area contributed by atoms with Crippen LogP contribution in [0.1, 0.15) is 31.9 Å². The SMILES string of the molecule is Cc1ccc(Cl)cc1N(CC(=O)NCCOc1ccc(C(C)(C)C)cc1)S(=O)(=O)c1ccccc1. The standard InChI is InChI=1S/C27H31ClN2O4S/c1-20-10-13-22(28)18-25(20)30(35(32,33)24-8-6-5-7-9-24)19-26(31)29-16-17-34-23-14-11-21(12-15-23)27(2,3)4/h5-15,18H,16-17,19H2,1-4H3,(H,29,31). The topological polar surface area (TPSA) is 75.7 Å². The van der Waals surface area contributed by atoms with Crippen LogP contribution < -0.4 is 14.4 Å². The van der Waals surface area contributed by atoms with Crippen LogP contribution in [-0.2, 0) is 20.2 Å². The molecule has 0 aromatic heterocycles. The third kappa shape index (κ3) is 6.99. The van der Waals surface area contributed by atoms with Crippen molar-refractivity contribution in [2.24, 2.45) is 0 Å². The molecule has 186 valence electrons. The molecule has 8 heteroatoms. The summed E-state index contributed by atoms with van der Waals surface area (Å²) in [6.45, 7) is 8.30. The Morgan fingerprint density at radius 2 is 1.66 bits per heavy atom. The highest BCUT2D eigenvalue weighted by Crippen LogP contribution is 2.29. The van der Waals surface area contributed by atoms with E-state index in [0.29, 0.717) is 22.0 Å². The molecule has 0 unspecified atom stereocenters. The molecule has 0 bridgehead atoms. The van der Waals surface area contributed by atoms with Gasteiger partial charge in [0.1, 0.15) is 18.9 Å². The molecule has 1 N–H and O–H groups in total. The van der Waals surface area contributed by atoms with Gasteiger partial charge in [-0.1, -0.05) is 68.8 Å². The van der Waals surface area contributed by atoms with E-state index >= 15 is 0 Å². The molecule has 0 saturated carbocycles. The van der Waals surface area contributed by atoms with Crippen molar-refractivity contribution in [3.8, 4) is 5.75 Å². The summed E-state index contributed by atoms with van der Waals surface area (Å²) in [4.78, 5) is 12.9. The predicted octanol–water partition coefficient (Wildman–Crippen LogP) is 5.34. The van der Waals surface area contributed by atoms with Crippen LogP contribution in [0.2, 0.25) is 5.02 Å². The third-order valence-electron chi connectivity index (χ3n) is 5.47. The molecule has 0 radical (unpaired) electrons. The first-order valence-electron chi connectivity index (χ1n) is 11.3. The van der Waals surface area contributed by atoms with Gasteiger partial charge in [-0.25, -0.2) is 8.42 Å². The smallest absolute Gasteiger partial charge is 0.264 e. The van der Waals surface area contributed by atoms with Gasteiger partial charge in [-0.05, 0) is 59.9 Å². The zero-order valence-corrected chi connectivity index (χ0v) is 22.0. The van der Waals surface area contributed by atoms with Gasteiger partial charge in [-0.15, -0.1) is 0 Å². The van der Waals surface area contributed by atoms with Crippen molar-refractivity contribution >= 4 is 33.2 Å². The van der Waals surface area contributed by atoms with Crippen LogP contribution >= 0.6 is 11.6 Å². The number of benzene rings is 3. The van der Waals surface area contributed by atoms with Gasteiger partial charge in [-0.3, -0.25) is 9.10 Å². The van der Waals surface area contributed by atoms with E-state index < -0.39 is 22.5 Å². The summed E-state index contributed by atoms with van der Waals surface area (Å²) in [6, 6.07) is 20.8. The summed E-state index contributed by atoms with van der Waals surface area (Å²) >= 11 is 6.15. The fraction of sp³-hybridized carbons (Fsp3) is 0.296. The molecule has 0 fully saturated rings. The van der Waals surface area contributed by atoms with Crippen molar-refractivity contribution in [2.45, 2.75) is 38.0 Å². The number of halogens is 1. The Hall–Kier alpha value is -3.03. The monoisotopic (exact) mass is 514 g/mol. The summed E-state index contributed by atoms with van der Waals surface area (Å²) in [5.41, 5.74) is 2.30. The fourth-order valence-electron chi connectivity index (χ4n) is 3.47. The number of sulfonamides is 1. The van der Waals surface area contributed by atoms with E-state index in [-0.39, 0.29) is 23.5 Å². The molecular formula is C27H31ClN2O4S. The van der Waals surface area contributed by atoms with E-state index in [9.17, 15) is 13.2 Å². The Kier molecular flexibility index (Phi) is 8.46. The molecule has 0 saturated heterocycles. The lowest BCUT2D eigenvalue weighted by molar-refractivity contribution is -0.119. The highest BCUT2D eigenvalue weighted by Gasteiger charge is 2.28. The minimum atomic E-state index is -4.00. The second kappa shape index (κ2) is 11.1. The van der Waals surface area contributed by atoms with Crippen molar-refractivity contribution < 1.29 is 17.9 Å². The first-order valence-corrected chi connectivity index (χ1v) is 13.1. The van der Waals surface area contributed by atoms with Crippen LogP contribution in [0.25, 0.3) is 0 Å². The number of ether oxygens (including phenoxy) is 1. The molecule has 0 spiro atoms. The average molecular weight is 515 g/mol. The molecule has 3 aromatic rings. The Labute approximate surface area is 212 Å². The number of anilines is 1. The van der Waals surface area contributed by atoms with E-state index in [1.54, 1.807) is 43.3 Å². The molecule has 0 aliphatic carbocycles. The minimum absolute atomic E-state index is 0.0554. The van der Waals surface area contributed by atoms with Gasteiger partial charge in [-0.2, -0.15) is 0 Å². The van der Waals surface area contributed by atoms with Gasteiger partial charge in [0, 0.05) is 5.02 Å². The predicted molar refractivity (Wildman–Crippen MR) is 141 cm³/mol. The summed E-state index contributed by atoms with van der Waals surface area (Å²) < 4.78 is 33.7. The summed E-state index contributed by atoms with van der Waals surface area (Å²) in [5.74, 6) is 0.255. The van der Waals surface area contributed by atoms with Crippen molar-refractivity contribution in [3.63, 3.8) is 0 Å². The molecule has 0 aliphatic rings. The van der Waals surface area contributed by atoms with Crippen LogP contribution in [0.15, 0.2) is 77.7 Å². The number of nitrogens with zero attached hydrogens (tertiary/aromatic N) is 1. The number of rotatable bonds is 9. The van der Waals surface area contributed by atoms with Crippen molar-refractivity contribution in [1.29, 1.82) is 0 Å². The van der Waals surface area contributed by atoms with Crippen LogP contribution in [0.5, 0.6) is 5.75 Å². The van der Waals surface area contributed by atoms with E-state index in [1.165, 1.54) is 17.7 Å². The fourth-order valence-corrected chi connectivity index (χ4v) is 5.13. The van der Waals surface area contributed by atoms with E-state index in [2.05, 4.69) is 26.1 Å². The van der Waals surface area contributed by atoms with E-state index in [4.69, 9.17) is 16.3 Å². The van der Waals surface area contributed by atoms with Crippen LogP contribution in [-0.4, -0.2) is 34.0 Å². The largest absolute Gasteiger partial charge is 0.492 e.